The molecule has 0 aliphatic heterocycles. The third-order valence-electron chi connectivity index (χ3n) is 1.49. The lowest BCUT2D eigenvalue weighted by molar-refractivity contribution is 0.566. The topological polar surface area (TPSA) is 61.8 Å². The molecule has 0 aliphatic rings. The van der Waals surface area contributed by atoms with Crippen LogP contribution in [0.2, 0.25) is 0 Å². The molecule has 2 rings (SSSR count). The maximum absolute atomic E-state index is 12.9. The molecule has 4 nitrogen and oxygen atoms in total. The average Bonchev–Trinajstić information content (AvgIpc) is 2.64. The number of aromatic nitrogens is 2. The Bertz CT molecular complexity index is 426. The third kappa shape index (κ3) is 0.868. The van der Waals surface area contributed by atoms with Gasteiger partial charge in [-0.1, -0.05) is 0 Å². The highest BCUT2D eigenvalue weighted by molar-refractivity contribution is 5.51. The van der Waals surface area contributed by atoms with Crippen LogP contribution < -0.4 is 5.56 Å². The summed E-state index contributed by atoms with van der Waals surface area (Å²) in [7, 11) is 0. The van der Waals surface area contributed by atoms with Gasteiger partial charge in [0.05, 0.1) is 6.26 Å². The number of H-pyrrole nitrogens is 2. The molecule has 0 bridgehead atoms. The molecular formula is C7H5FN2O2. The fourth-order valence-corrected chi connectivity index (χ4v) is 0.933. The normalized spacial score (nSPS) is 10.4. The third-order valence-corrected chi connectivity index (χ3v) is 1.49. The molecule has 0 saturated carbocycles. The summed E-state index contributed by atoms with van der Waals surface area (Å²) in [5, 5.41) is 4.48. The second-order valence-corrected chi connectivity index (χ2v) is 2.25. The second kappa shape index (κ2) is 2.37. The van der Waals surface area contributed by atoms with E-state index in [2.05, 4.69) is 10.2 Å². The van der Waals surface area contributed by atoms with E-state index in [9.17, 15) is 9.18 Å². The summed E-state index contributed by atoms with van der Waals surface area (Å²) in [6.45, 7) is 0. The second-order valence-electron chi connectivity index (χ2n) is 2.25. The van der Waals surface area contributed by atoms with Crippen LogP contribution in [0.3, 0.4) is 0 Å². The molecule has 2 aromatic heterocycles. The summed E-state index contributed by atoms with van der Waals surface area (Å²) in [5.74, 6) is -0.559. The maximum atomic E-state index is 12.9. The molecule has 62 valence electrons. The Morgan fingerprint density at radius 1 is 1.42 bits per heavy atom. The van der Waals surface area contributed by atoms with Gasteiger partial charge in [-0.25, -0.2) is 0 Å². The van der Waals surface area contributed by atoms with Crippen molar-refractivity contribution >= 4 is 0 Å². The van der Waals surface area contributed by atoms with Crippen molar-refractivity contribution in [3.8, 4) is 11.5 Å². The number of aromatic amines is 2. The van der Waals surface area contributed by atoms with Gasteiger partial charge in [0, 0.05) is 0 Å². The van der Waals surface area contributed by atoms with Gasteiger partial charge in [-0.15, -0.1) is 0 Å². The Morgan fingerprint density at radius 3 is 2.75 bits per heavy atom. The van der Waals surface area contributed by atoms with Crippen molar-refractivity contribution in [1.82, 2.24) is 10.2 Å². The van der Waals surface area contributed by atoms with Gasteiger partial charge in [-0.05, 0) is 12.1 Å². The predicted molar refractivity (Wildman–Crippen MR) is 39.1 cm³/mol. The Kier molecular flexibility index (Phi) is 1.36. The Morgan fingerprint density at radius 2 is 2.25 bits per heavy atom. The Hall–Kier alpha value is -1.78. The van der Waals surface area contributed by atoms with E-state index in [4.69, 9.17) is 4.42 Å². The highest BCUT2D eigenvalue weighted by Crippen LogP contribution is 2.17. The minimum absolute atomic E-state index is 0.0463. The Balaban J connectivity index is 2.62. The van der Waals surface area contributed by atoms with Gasteiger partial charge in [-0.3, -0.25) is 15.0 Å². The van der Waals surface area contributed by atoms with Gasteiger partial charge in [0.15, 0.2) is 5.76 Å². The van der Waals surface area contributed by atoms with Crippen molar-refractivity contribution < 1.29 is 8.81 Å². The minimum atomic E-state index is -0.857. The zero-order chi connectivity index (χ0) is 8.55. The van der Waals surface area contributed by atoms with E-state index < -0.39 is 11.4 Å². The lowest BCUT2D eigenvalue weighted by atomic mass is 10.3. The van der Waals surface area contributed by atoms with Gasteiger partial charge in [0.25, 0.3) is 0 Å². The van der Waals surface area contributed by atoms with Crippen molar-refractivity contribution in [3.63, 3.8) is 0 Å². The first-order valence-corrected chi connectivity index (χ1v) is 3.29. The van der Waals surface area contributed by atoms with Crippen LogP contribution in [0, 0.1) is 5.82 Å². The lowest BCUT2D eigenvalue weighted by Gasteiger charge is -1.87. The van der Waals surface area contributed by atoms with Gasteiger partial charge in [0.1, 0.15) is 5.69 Å². The van der Waals surface area contributed by atoms with Crippen LogP contribution >= 0.6 is 0 Å². The van der Waals surface area contributed by atoms with Crippen molar-refractivity contribution in [2.45, 2.75) is 0 Å². The fourth-order valence-electron chi connectivity index (χ4n) is 0.933. The fraction of sp³-hybridized carbons (Fsp3) is 0. The summed E-state index contributed by atoms with van der Waals surface area (Å²) in [4.78, 5) is 10.6. The minimum Gasteiger partial charge on any atom is -0.463 e. The molecule has 0 radical (unpaired) electrons. The van der Waals surface area contributed by atoms with E-state index in [-0.39, 0.29) is 5.69 Å². The summed E-state index contributed by atoms with van der Waals surface area (Å²) < 4.78 is 17.8. The molecule has 0 amide bonds. The zero-order valence-electron chi connectivity index (χ0n) is 5.93. The number of hydrogen-bond acceptors (Lipinski definition) is 2. The van der Waals surface area contributed by atoms with E-state index in [1.165, 1.54) is 6.26 Å². The molecule has 2 N–H and O–H groups in total. The summed E-state index contributed by atoms with van der Waals surface area (Å²) in [6.07, 6.45) is 1.40. The van der Waals surface area contributed by atoms with Gasteiger partial charge in [0.2, 0.25) is 5.82 Å². The van der Waals surface area contributed by atoms with E-state index in [1.807, 2.05) is 0 Å². The van der Waals surface area contributed by atoms with E-state index in [1.54, 1.807) is 12.1 Å². The molecular weight excluding hydrogens is 163 g/mol. The van der Waals surface area contributed by atoms with Gasteiger partial charge in [-0.2, -0.15) is 4.39 Å². The van der Waals surface area contributed by atoms with Crippen molar-refractivity contribution in [1.29, 1.82) is 0 Å². The highest BCUT2D eigenvalue weighted by atomic mass is 19.1. The Labute approximate surface area is 66.0 Å². The first kappa shape index (κ1) is 6.90. The molecule has 0 spiro atoms. The predicted octanol–water partition coefficient (Wildman–Crippen LogP) is 1.10. The molecule has 12 heavy (non-hydrogen) atoms. The molecule has 0 aromatic carbocycles. The van der Waals surface area contributed by atoms with Gasteiger partial charge < -0.3 is 4.42 Å². The number of rotatable bonds is 1. The van der Waals surface area contributed by atoms with Crippen LogP contribution in [0.15, 0.2) is 27.6 Å². The first-order valence-electron chi connectivity index (χ1n) is 3.29. The number of halogens is 1. The van der Waals surface area contributed by atoms with Crippen LogP contribution in [0.1, 0.15) is 0 Å². The van der Waals surface area contributed by atoms with Crippen molar-refractivity contribution in [2.75, 3.05) is 0 Å². The maximum Gasteiger partial charge on any atom is 0.300 e. The van der Waals surface area contributed by atoms with Crippen molar-refractivity contribution in [2.24, 2.45) is 0 Å². The largest absolute Gasteiger partial charge is 0.463 e. The lowest BCUT2D eigenvalue weighted by Crippen LogP contribution is -2.01. The standard InChI is InChI=1S/C7H5FN2O2/c8-5-6(9-10-7(5)11)4-2-1-3-12-4/h1-3H,(H2,9,10,11). The van der Waals surface area contributed by atoms with Crippen LogP contribution in [-0.4, -0.2) is 10.2 Å². The molecule has 0 saturated heterocycles. The van der Waals surface area contributed by atoms with Crippen LogP contribution in [0.4, 0.5) is 4.39 Å². The number of hydrogen-bond donors (Lipinski definition) is 2. The summed E-state index contributed by atoms with van der Waals surface area (Å²) in [6, 6.07) is 3.17. The van der Waals surface area contributed by atoms with E-state index >= 15 is 0 Å². The molecule has 0 atom stereocenters. The van der Waals surface area contributed by atoms with Crippen LogP contribution in [-0.2, 0) is 0 Å². The van der Waals surface area contributed by atoms with Gasteiger partial charge >= 0.3 is 5.56 Å². The smallest absolute Gasteiger partial charge is 0.300 e. The van der Waals surface area contributed by atoms with Crippen molar-refractivity contribution in [3.05, 3.63) is 34.6 Å². The molecule has 2 aromatic rings. The monoisotopic (exact) mass is 168 g/mol. The average molecular weight is 168 g/mol. The quantitative estimate of drug-likeness (QED) is 0.669. The molecule has 2 heterocycles. The SMILES string of the molecule is O=c1[nH][nH]c(-c2ccco2)c1F. The molecule has 0 unspecified atom stereocenters. The molecule has 5 heteroatoms. The van der Waals surface area contributed by atoms with E-state index in [0.29, 0.717) is 5.76 Å². The van der Waals surface area contributed by atoms with E-state index in [0.717, 1.165) is 0 Å². The number of nitrogens with one attached hydrogen (secondary N) is 2. The first-order chi connectivity index (χ1) is 5.79. The van der Waals surface area contributed by atoms with Crippen LogP contribution in [0.25, 0.3) is 11.5 Å². The highest BCUT2D eigenvalue weighted by Gasteiger charge is 2.12. The zero-order valence-corrected chi connectivity index (χ0v) is 5.93. The molecule has 0 fully saturated rings. The summed E-state index contributed by atoms with van der Waals surface area (Å²) in [5.41, 5.74) is -0.730. The summed E-state index contributed by atoms with van der Waals surface area (Å²) >= 11 is 0. The number of furan rings is 1. The van der Waals surface area contributed by atoms with Crippen LogP contribution in [0.5, 0.6) is 0 Å². The molecule has 0 aliphatic carbocycles.